The van der Waals surface area contributed by atoms with Crippen LogP contribution in [0.4, 0.5) is 4.79 Å². The number of fused-ring (bicyclic) bond motifs is 1. The van der Waals surface area contributed by atoms with Gasteiger partial charge in [0, 0.05) is 12.3 Å². The van der Waals surface area contributed by atoms with Crippen molar-refractivity contribution in [2.75, 3.05) is 0 Å². The number of ether oxygens (including phenoxy) is 1. The lowest BCUT2D eigenvalue weighted by Gasteiger charge is -2.16. The van der Waals surface area contributed by atoms with E-state index in [1.807, 2.05) is 0 Å². The Morgan fingerprint density at radius 1 is 1.43 bits per heavy atom. The van der Waals surface area contributed by atoms with E-state index < -0.39 is 17.8 Å². The van der Waals surface area contributed by atoms with Gasteiger partial charge in [0.15, 0.2) is 17.7 Å². The summed E-state index contributed by atoms with van der Waals surface area (Å²) in [4.78, 5) is 28.3. The molecule has 118 valence electrons. The van der Waals surface area contributed by atoms with Crippen LogP contribution in [0.1, 0.15) is 18.9 Å². The summed E-state index contributed by atoms with van der Waals surface area (Å²) in [5, 5.41) is 7.15. The van der Waals surface area contributed by atoms with E-state index in [0.29, 0.717) is 11.3 Å². The Labute approximate surface area is 134 Å². The number of carbonyl (C=O) groups is 1. The average molecular weight is 334 g/mol. The molecule has 9 heteroatoms. The predicted octanol–water partition coefficient (Wildman–Crippen LogP) is 1.92. The number of rotatable bonds is 3. The maximum atomic E-state index is 12.9. The first-order chi connectivity index (χ1) is 11.0. The van der Waals surface area contributed by atoms with Crippen molar-refractivity contribution in [2.24, 2.45) is 5.73 Å². The zero-order valence-corrected chi connectivity index (χ0v) is 12.7. The van der Waals surface area contributed by atoms with E-state index in [-0.39, 0.29) is 16.2 Å². The van der Waals surface area contributed by atoms with E-state index in [9.17, 15) is 9.59 Å². The lowest BCUT2D eigenvalue weighted by Crippen LogP contribution is -2.28. The largest absolute Gasteiger partial charge is 0.439 e. The Balaban J connectivity index is 2.36. The molecule has 23 heavy (non-hydrogen) atoms. The lowest BCUT2D eigenvalue weighted by molar-refractivity contribution is 0.110. The summed E-state index contributed by atoms with van der Waals surface area (Å²) in [6.07, 6.45) is -0.256. The Bertz CT molecular complexity index is 935. The first-order valence-electron chi connectivity index (χ1n) is 6.66. The molecule has 2 aromatic heterocycles. The smallest absolute Gasteiger partial charge is 0.405 e. The van der Waals surface area contributed by atoms with E-state index in [2.05, 4.69) is 15.2 Å². The van der Waals surface area contributed by atoms with Gasteiger partial charge in [-0.2, -0.15) is 5.10 Å². The number of nitrogens with zero attached hydrogens (tertiary/aromatic N) is 3. The summed E-state index contributed by atoms with van der Waals surface area (Å²) in [7, 11) is 0. The molecule has 0 saturated heterocycles. The molecular formula is C14H12ClN5O3. The number of aromatic nitrogens is 4. The second kappa shape index (κ2) is 5.73. The summed E-state index contributed by atoms with van der Waals surface area (Å²) in [5.41, 5.74) is 5.03. The molecule has 0 spiro atoms. The number of H-pyrrole nitrogens is 1. The molecule has 1 amide bonds. The minimum Gasteiger partial charge on any atom is -0.439 e. The topological polar surface area (TPSA) is 116 Å². The summed E-state index contributed by atoms with van der Waals surface area (Å²) in [6.45, 7) is 1.56. The molecule has 2 heterocycles. The van der Waals surface area contributed by atoms with E-state index in [1.54, 1.807) is 37.4 Å². The average Bonchev–Trinajstić information content (AvgIpc) is 3.00. The molecule has 3 N–H and O–H groups in total. The number of nitrogens with one attached hydrogen (secondary N) is 1. The van der Waals surface area contributed by atoms with E-state index >= 15 is 0 Å². The monoisotopic (exact) mass is 333 g/mol. The molecule has 3 aromatic rings. The fourth-order valence-corrected chi connectivity index (χ4v) is 2.56. The minimum absolute atomic E-state index is 0.190. The standard InChI is InChI=1S/C14H12ClN5O3/c1-7(23-14(16)22)12-18-9-4-2-3-8(15)11(9)13(21)20(12)10-5-6-17-19-10/h2-7H,1H3,(H2,16,22)(H,17,19). The normalized spacial score (nSPS) is 12.3. The SMILES string of the molecule is CC(OC(N)=O)c1nc2cccc(Cl)c2c(=O)n1-c1cc[nH]n1. The Morgan fingerprint density at radius 3 is 2.87 bits per heavy atom. The highest BCUT2D eigenvalue weighted by molar-refractivity contribution is 6.35. The van der Waals surface area contributed by atoms with Crippen molar-refractivity contribution < 1.29 is 9.53 Å². The maximum Gasteiger partial charge on any atom is 0.405 e. The van der Waals surface area contributed by atoms with Crippen LogP contribution in [0.3, 0.4) is 0 Å². The van der Waals surface area contributed by atoms with Gasteiger partial charge in [0.25, 0.3) is 5.56 Å². The van der Waals surface area contributed by atoms with Crippen LogP contribution in [0.2, 0.25) is 5.02 Å². The zero-order chi connectivity index (χ0) is 16.6. The van der Waals surface area contributed by atoms with E-state index in [0.717, 1.165) is 0 Å². The molecule has 0 aliphatic carbocycles. The number of primary amides is 1. The van der Waals surface area contributed by atoms with Gasteiger partial charge in [0.2, 0.25) is 0 Å². The van der Waals surface area contributed by atoms with Crippen molar-refractivity contribution in [1.29, 1.82) is 0 Å². The first-order valence-corrected chi connectivity index (χ1v) is 7.04. The van der Waals surface area contributed by atoms with Crippen LogP contribution >= 0.6 is 11.6 Å². The van der Waals surface area contributed by atoms with Gasteiger partial charge in [-0.05, 0) is 19.1 Å². The van der Waals surface area contributed by atoms with Gasteiger partial charge in [0.05, 0.1) is 15.9 Å². The predicted molar refractivity (Wildman–Crippen MR) is 83.6 cm³/mol. The highest BCUT2D eigenvalue weighted by Gasteiger charge is 2.22. The number of halogens is 1. The van der Waals surface area contributed by atoms with Gasteiger partial charge in [-0.15, -0.1) is 0 Å². The first kappa shape index (κ1) is 15.0. The number of amides is 1. The van der Waals surface area contributed by atoms with E-state index in [4.69, 9.17) is 22.1 Å². The van der Waals surface area contributed by atoms with Crippen molar-refractivity contribution in [3.8, 4) is 5.82 Å². The van der Waals surface area contributed by atoms with Crippen LogP contribution in [0, 0.1) is 0 Å². The minimum atomic E-state index is -0.966. The van der Waals surface area contributed by atoms with Crippen LogP contribution in [0.25, 0.3) is 16.7 Å². The highest BCUT2D eigenvalue weighted by Crippen LogP contribution is 2.23. The third kappa shape index (κ3) is 2.64. The fraction of sp³-hybridized carbons (Fsp3) is 0.143. The number of carbonyl (C=O) groups excluding carboxylic acids is 1. The number of hydrogen-bond donors (Lipinski definition) is 2. The van der Waals surface area contributed by atoms with Gasteiger partial charge < -0.3 is 10.5 Å². The number of hydrogen-bond acceptors (Lipinski definition) is 5. The maximum absolute atomic E-state index is 12.9. The summed E-state index contributed by atoms with van der Waals surface area (Å²) in [6, 6.07) is 6.52. The van der Waals surface area contributed by atoms with Crippen LogP contribution in [0.5, 0.6) is 0 Å². The van der Waals surface area contributed by atoms with Crippen molar-refractivity contribution in [1.82, 2.24) is 19.7 Å². The molecule has 0 fully saturated rings. The van der Waals surface area contributed by atoms with Crippen molar-refractivity contribution in [3.63, 3.8) is 0 Å². The Hall–Kier alpha value is -2.87. The molecular weight excluding hydrogens is 322 g/mol. The molecule has 8 nitrogen and oxygen atoms in total. The molecule has 0 radical (unpaired) electrons. The van der Waals surface area contributed by atoms with Crippen LogP contribution < -0.4 is 11.3 Å². The molecule has 0 aliphatic heterocycles. The van der Waals surface area contributed by atoms with Gasteiger partial charge >= 0.3 is 6.09 Å². The van der Waals surface area contributed by atoms with Gasteiger partial charge in [-0.1, -0.05) is 17.7 Å². The fourth-order valence-electron chi connectivity index (χ4n) is 2.30. The summed E-state index contributed by atoms with van der Waals surface area (Å²) >= 11 is 6.13. The lowest BCUT2D eigenvalue weighted by atomic mass is 10.2. The van der Waals surface area contributed by atoms with E-state index in [1.165, 1.54) is 4.57 Å². The van der Waals surface area contributed by atoms with Crippen molar-refractivity contribution in [2.45, 2.75) is 13.0 Å². The third-order valence-electron chi connectivity index (χ3n) is 3.24. The van der Waals surface area contributed by atoms with Crippen molar-refractivity contribution >= 4 is 28.6 Å². The molecule has 1 atom stereocenters. The van der Waals surface area contributed by atoms with Crippen molar-refractivity contribution in [3.05, 3.63) is 51.7 Å². The zero-order valence-electron chi connectivity index (χ0n) is 12.0. The van der Waals surface area contributed by atoms with Gasteiger partial charge in [0.1, 0.15) is 0 Å². The molecule has 0 bridgehead atoms. The number of aromatic amines is 1. The molecule has 1 aromatic carbocycles. The Morgan fingerprint density at radius 2 is 2.22 bits per heavy atom. The van der Waals surface area contributed by atoms with Crippen LogP contribution in [0.15, 0.2) is 35.3 Å². The quantitative estimate of drug-likeness (QED) is 0.759. The highest BCUT2D eigenvalue weighted by atomic mass is 35.5. The number of benzene rings is 1. The summed E-state index contributed by atoms with van der Waals surface area (Å²) in [5.74, 6) is 0.495. The second-order valence-corrected chi connectivity index (χ2v) is 5.16. The second-order valence-electron chi connectivity index (χ2n) is 4.76. The van der Waals surface area contributed by atoms with Gasteiger partial charge in [-0.25, -0.2) is 14.3 Å². The van der Waals surface area contributed by atoms with Crippen LogP contribution in [-0.4, -0.2) is 25.8 Å². The van der Waals surface area contributed by atoms with Gasteiger partial charge in [-0.3, -0.25) is 9.89 Å². The summed E-state index contributed by atoms with van der Waals surface area (Å²) < 4.78 is 6.19. The van der Waals surface area contributed by atoms with Crippen LogP contribution in [-0.2, 0) is 4.74 Å². The molecule has 3 rings (SSSR count). The number of nitrogens with two attached hydrogens (primary N) is 1. The molecule has 0 aliphatic rings. The third-order valence-corrected chi connectivity index (χ3v) is 3.56. The Kier molecular flexibility index (Phi) is 3.75. The molecule has 1 unspecified atom stereocenters. The molecule has 0 saturated carbocycles.